The van der Waals surface area contributed by atoms with E-state index in [-0.39, 0.29) is 30.3 Å². The molecule has 2 N–H and O–H groups in total. The first-order valence-corrected chi connectivity index (χ1v) is 6.59. The quantitative estimate of drug-likeness (QED) is 0.835. The van der Waals surface area contributed by atoms with Crippen molar-refractivity contribution in [2.75, 3.05) is 33.9 Å². The van der Waals surface area contributed by atoms with Crippen LogP contribution in [0.1, 0.15) is 13.8 Å². The number of para-hydroxylation sites is 2. The molecule has 5 nitrogen and oxygen atoms in total. The maximum Gasteiger partial charge on any atom is 0.260 e. The molecule has 1 amide bonds. The molecular weight excluding hydrogens is 292 g/mol. The van der Waals surface area contributed by atoms with Gasteiger partial charge in [0.2, 0.25) is 0 Å². The second kappa shape index (κ2) is 8.74. The Kier molecular flexibility index (Phi) is 8.14. The molecule has 0 saturated heterocycles. The van der Waals surface area contributed by atoms with E-state index >= 15 is 0 Å². The molecule has 1 aromatic carbocycles. The minimum absolute atomic E-state index is 0. The smallest absolute Gasteiger partial charge is 0.260 e. The van der Waals surface area contributed by atoms with Crippen molar-refractivity contribution in [3.05, 3.63) is 24.3 Å². The van der Waals surface area contributed by atoms with Crippen LogP contribution in [0, 0.1) is 5.41 Å². The summed E-state index contributed by atoms with van der Waals surface area (Å²) in [5.74, 6) is 1.09. The summed E-state index contributed by atoms with van der Waals surface area (Å²) in [6.45, 7) is 5.16. The second-order valence-corrected chi connectivity index (χ2v) is 5.56. The fourth-order valence-electron chi connectivity index (χ4n) is 1.78. The largest absolute Gasteiger partial charge is 0.493 e. The summed E-state index contributed by atoms with van der Waals surface area (Å²) < 4.78 is 10.7. The van der Waals surface area contributed by atoms with Crippen LogP contribution in [0.3, 0.4) is 0 Å². The van der Waals surface area contributed by atoms with Crippen LogP contribution in [0.4, 0.5) is 0 Å². The number of hydrogen-bond acceptors (Lipinski definition) is 4. The molecule has 0 spiro atoms. The van der Waals surface area contributed by atoms with E-state index in [9.17, 15) is 4.79 Å². The standard InChI is InChI=1S/C15H24N2O3.ClH/c1-15(2,10-16)11-17(3)14(18)9-20-13-8-6-5-7-12(13)19-4;/h5-8H,9-11,16H2,1-4H3;1H. The van der Waals surface area contributed by atoms with Gasteiger partial charge < -0.3 is 20.1 Å². The van der Waals surface area contributed by atoms with Gasteiger partial charge in [-0.05, 0) is 24.1 Å². The van der Waals surface area contributed by atoms with Crippen LogP contribution in [0.5, 0.6) is 11.5 Å². The first-order valence-electron chi connectivity index (χ1n) is 6.59. The molecule has 0 aliphatic carbocycles. The van der Waals surface area contributed by atoms with Crippen molar-refractivity contribution >= 4 is 18.3 Å². The molecule has 0 unspecified atom stereocenters. The number of carbonyl (C=O) groups is 1. The Bertz CT molecular complexity index is 452. The predicted molar refractivity (Wildman–Crippen MR) is 86.2 cm³/mol. The van der Waals surface area contributed by atoms with Crippen molar-refractivity contribution in [1.29, 1.82) is 0 Å². The fourth-order valence-corrected chi connectivity index (χ4v) is 1.78. The Morgan fingerprint density at radius 2 is 1.86 bits per heavy atom. The van der Waals surface area contributed by atoms with Gasteiger partial charge in [-0.25, -0.2) is 0 Å². The zero-order valence-corrected chi connectivity index (χ0v) is 13.9. The maximum atomic E-state index is 12.0. The van der Waals surface area contributed by atoms with Crippen LogP contribution < -0.4 is 15.2 Å². The normalized spacial score (nSPS) is 10.5. The number of nitrogens with zero attached hydrogens (tertiary/aromatic N) is 1. The number of methoxy groups -OCH3 is 1. The van der Waals surface area contributed by atoms with E-state index in [4.69, 9.17) is 15.2 Å². The van der Waals surface area contributed by atoms with E-state index in [0.29, 0.717) is 24.6 Å². The zero-order chi connectivity index (χ0) is 15.2. The number of rotatable bonds is 7. The van der Waals surface area contributed by atoms with Crippen molar-refractivity contribution in [3.8, 4) is 11.5 Å². The third-order valence-corrected chi connectivity index (χ3v) is 3.06. The van der Waals surface area contributed by atoms with Gasteiger partial charge in [0.25, 0.3) is 5.91 Å². The van der Waals surface area contributed by atoms with Gasteiger partial charge in [-0.3, -0.25) is 4.79 Å². The van der Waals surface area contributed by atoms with Crippen LogP contribution in [0.15, 0.2) is 24.3 Å². The lowest BCUT2D eigenvalue weighted by Crippen LogP contribution is -2.41. The van der Waals surface area contributed by atoms with Crippen LogP contribution in [-0.4, -0.2) is 44.7 Å². The molecule has 0 atom stereocenters. The molecule has 6 heteroatoms. The molecule has 1 rings (SSSR count). The van der Waals surface area contributed by atoms with Crippen LogP contribution in [0.2, 0.25) is 0 Å². The summed E-state index contributed by atoms with van der Waals surface area (Å²) in [5, 5.41) is 0. The molecule has 21 heavy (non-hydrogen) atoms. The minimum atomic E-state index is -0.102. The van der Waals surface area contributed by atoms with Crippen molar-refractivity contribution in [3.63, 3.8) is 0 Å². The Labute approximate surface area is 132 Å². The van der Waals surface area contributed by atoms with E-state index in [0.717, 1.165) is 0 Å². The molecule has 120 valence electrons. The van der Waals surface area contributed by atoms with Crippen molar-refractivity contribution < 1.29 is 14.3 Å². The molecular formula is C15H25ClN2O3. The number of likely N-dealkylation sites (N-methyl/N-ethyl adjacent to an activating group) is 1. The highest BCUT2D eigenvalue weighted by atomic mass is 35.5. The highest BCUT2D eigenvalue weighted by Crippen LogP contribution is 2.25. The summed E-state index contributed by atoms with van der Waals surface area (Å²) in [6, 6.07) is 7.25. The third kappa shape index (κ3) is 6.23. The highest BCUT2D eigenvalue weighted by molar-refractivity contribution is 5.85. The molecule has 0 aliphatic rings. The topological polar surface area (TPSA) is 64.8 Å². The molecule has 0 saturated carbocycles. The summed E-state index contributed by atoms with van der Waals surface area (Å²) in [6.07, 6.45) is 0. The Hall–Kier alpha value is -1.46. The number of nitrogens with two attached hydrogens (primary N) is 1. The number of amides is 1. The lowest BCUT2D eigenvalue weighted by Gasteiger charge is -2.29. The van der Waals surface area contributed by atoms with E-state index in [1.165, 1.54) is 0 Å². The SMILES string of the molecule is COc1ccccc1OCC(=O)N(C)CC(C)(C)CN.Cl. The van der Waals surface area contributed by atoms with Crippen LogP contribution in [-0.2, 0) is 4.79 Å². The van der Waals surface area contributed by atoms with Gasteiger partial charge in [-0.15, -0.1) is 12.4 Å². The second-order valence-electron chi connectivity index (χ2n) is 5.56. The predicted octanol–water partition coefficient (Wildman–Crippen LogP) is 1.94. The van der Waals surface area contributed by atoms with Gasteiger partial charge >= 0.3 is 0 Å². The fraction of sp³-hybridized carbons (Fsp3) is 0.533. The number of carbonyl (C=O) groups excluding carboxylic acids is 1. The zero-order valence-electron chi connectivity index (χ0n) is 13.1. The first-order chi connectivity index (χ1) is 9.39. The molecule has 0 heterocycles. The lowest BCUT2D eigenvalue weighted by molar-refractivity contribution is -0.133. The van der Waals surface area contributed by atoms with E-state index < -0.39 is 0 Å². The summed E-state index contributed by atoms with van der Waals surface area (Å²) in [7, 11) is 3.32. The molecule has 1 aromatic rings. The molecule has 0 bridgehead atoms. The van der Waals surface area contributed by atoms with Crippen LogP contribution >= 0.6 is 12.4 Å². The Morgan fingerprint density at radius 1 is 1.29 bits per heavy atom. The summed E-state index contributed by atoms with van der Waals surface area (Å²) in [5.41, 5.74) is 5.57. The van der Waals surface area contributed by atoms with Gasteiger partial charge in [-0.1, -0.05) is 26.0 Å². The summed E-state index contributed by atoms with van der Waals surface area (Å²) >= 11 is 0. The van der Waals surface area contributed by atoms with Crippen molar-refractivity contribution in [2.24, 2.45) is 11.1 Å². The average Bonchev–Trinajstić information content (AvgIpc) is 2.44. The Balaban J connectivity index is 0.00000400. The number of halogens is 1. The van der Waals surface area contributed by atoms with Crippen molar-refractivity contribution in [1.82, 2.24) is 4.90 Å². The van der Waals surface area contributed by atoms with Crippen molar-refractivity contribution in [2.45, 2.75) is 13.8 Å². The number of hydrogen-bond donors (Lipinski definition) is 1. The van der Waals surface area contributed by atoms with Gasteiger partial charge in [-0.2, -0.15) is 0 Å². The summed E-state index contributed by atoms with van der Waals surface area (Å²) in [4.78, 5) is 13.7. The lowest BCUT2D eigenvalue weighted by atomic mass is 9.93. The monoisotopic (exact) mass is 316 g/mol. The molecule has 0 radical (unpaired) electrons. The molecule has 0 aliphatic heterocycles. The minimum Gasteiger partial charge on any atom is -0.493 e. The maximum absolute atomic E-state index is 12.0. The van der Waals surface area contributed by atoms with Gasteiger partial charge in [0.1, 0.15) is 0 Å². The first kappa shape index (κ1) is 19.5. The van der Waals surface area contributed by atoms with Crippen LogP contribution in [0.25, 0.3) is 0 Å². The highest BCUT2D eigenvalue weighted by Gasteiger charge is 2.21. The van der Waals surface area contributed by atoms with E-state index in [1.54, 1.807) is 31.2 Å². The third-order valence-electron chi connectivity index (χ3n) is 3.06. The number of benzene rings is 1. The molecule has 0 fully saturated rings. The number of ether oxygens (including phenoxy) is 2. The van der Waals surface area contributed by atoms with Gasteiger partial charge in [0.05, 0.1) is 7.11 Å². The van der Waals surface area contributed by atoms with Gasteiger partial charge in [0.15, 0.2) is 18.1 Å². The average molecular weight is 317 g/mol. The van der Waals surface area contributed by atoms with Gasteiger partial charge in [0, 0.05) is 13.6 Å². The Morgan fingerprint density at radius 3 is 2.38 bits per heavy atom. The van der Waals surface area contributed by atoms with E-state index in [1.807, 2.05) is 26.0 Å². The van der Waals surface area contributed by atoms with E-state index in [2.05, 4.69) is 0 Å². The molecule has 0 aromatic heterocycles.